The van der Waals surface area contributed by atoms with Crippen LogP contribution in [0.4, 0.5) is 0 Å². The number of carbonyl (C=O) groups is 1. The van der Waals surface area contributed by atoms with E-state index in [0.29, 0.717) is 6.54 Å². The number of hydrogen-bond acceptors (Lipinski definition) is 3. The third-order valence-corrected chi connectivity index (χ3v) is 4.68. The Bertz CT molecular complexity index is 268. The number of piperidine rings is 2. The first-order valence-corrected chi connectivity index (χ1v) is 7.42. The van der Waals surface area contributed by atoms with Crippen LogP contribution in [0.15, 0.2) is 0 Å². The van der Waals surface area contributed by atoms with Crippen molar-refractivity contribution in [2.45, 2.75) is 32.6 Å². The zero-order valence-electron chi connectivity index (χ0n) is 11.5. The van der Waals surface area contributed by atoms with E-state index in [1.807, 2.05) is 11.8 Å². The van der Waals surface area contributed by atoms with Gasteiger partial charge in [-0.2, -0.15) is 0 Å². The highest BCUT2D eigenvalue weighted by molar-refractivity contribution is 5.78. The van der Waals surface area contributed by atoms with Crippen molar-refractivity contribution in [2.75, 3.05) is 32.7 Å². The van der Waals surface area contributed by atoms with Crippen molar-refractivity contribution in [1.82, 2.24) is 10.2 Å². The molecule has 0 aromatic heterocycles. The van der Waals surface area contributed by atoms with Crippen molar-refractivity contribution in [3.05, 3.63) is 0 Å². The van der Waals surface area contributed by atoms with Crippen LogP contribution in [0.2, 0.25) is 0 Å². The molecule has 0 spiro atoms. The Kier molecular flexibility index (Phi) is 5.01. The predicted octanol–water partition coefficient (Wildman–Crippen LogP) is 0.819. The molecule has 0 radical (unpaired) electrons. The van der Waals surface area contributed by atoms with Gasteiger partial charge in [0.25, 0.3) is 0 Å². The zero-order valence-corrected chi connectivity index (χ0v) is 11.5. The first-order chi connectivity index (χ1) is 8.72. The molecule has 3 N–H and O–H groups in total. The van der Waals surface area contributed by atoms with Crippen LogP contribution < -0.4 is 11.1 Å². The Morgan fingerprint density at radius 2 is 1.78 bits per heavy atom. The summed E-state index contributed by atoms with van der Waals surface area (Å²) in [4.78, 5) is 14.1. The van der Waals surface area contributed by atoms with Gasteiger partial charge < -0.3 is 16.0 Å². The van der Waals surface area contributed by atoms with Crippen LogP contribution in [0.1, 0.15) is 32.6 Å². The molecular formula is C14H27N3O. The van der Waals surface area contributed by atoms with Crippen LogP contribution in [-0.2, 0) is 4.79 Å². The van der Waals surface area contributed by atoms with Gasteiger partial charge in [-0.05, 0) is 50.6 Å². The second-order valence-electron chi connectivity index (χ2n) is 5.89. The van der Waals surface area contributed by atoms with E-state index in [4.69, 9.17) is 5.73 Å². The third-order valence-electron chi connectivity index (χ3n) is 4.68. The number of nitrogens with two attached hydrogens (primary N) is 1. The number of nitrogens with one attached hydrogen (secondary N) is 1. The molecule has 1 unspecified atom stereocenters. The molecule has 1 atom stereocenters. The first kappa shape index (κ1) is 13.8. The van der Waals surface area contributed by atoms with Gasteiger partial charge in [0.05, 0.1) is 0 Å². The van der Waals surface area contributed by atoms with Crippen molar-refractivity contribution in [2.24, 2.45) is 23.5 Å². The minimum absolute atomic E-state index is 0.0135. The molecule has 2 heterocycles. The van der Waals surface area contributed by atoms with Gasteiger partial charge in [0.2, 0.25) is 5.91 Å². The monoisotopic (exact) mass is 253 g/mol. The summed E-state index contributed by atoms with van der Waals surface area (Å²) in [6.07, 6.45) is 5.01. The lowest BCUT2D eigenvalue weighted by molar-refractivity contribution is -0.136. The molecule has 4 nitrogen and oxygen atoms in total. The Hall–Kier alpha value is -0.610. The van der Waals surface area contributed by atoms with Gasteiger partial charge in [0, 0.05) is 25.6 Å². The van der Waals surface area contributed by atoms with Crippen molar-refractivity contribution >= 4 is 5.91 Å². The SMILES string of the molecule is CC(CN)C(=O)N1CCC(C2CCNCC2)CC1. The predicted molar refractivity (Wildman–Crippen MR) is 73.1 cm³/mol. The fourth-order valence-corrected chi connectivity index (χ4v) is 3.32. The smallest absolute Gasteiger partial charge is 0.226 e. The summed E-state index contributed by atoms with van der Waals surface area (Å²) >= 11 is 0. The number of amides is 1. The average molecular weight is 253 g/mol. The molecule has 104 valence electrons. The van der Waals surface area contributed by atoms with Crippen LogP contribution in [0.25, 0.3) is 0 Å². The first-order valence-electron chi connectivity index (χ1n) is 7.42. The summed E-state index contributed by atoms with van der Waals surface area (Å²) < 4.78 is 0. The van der Waals surface area contributed by atoms with E-state index in [2.05, 4.69) is 5.32 Å². The molecule has 1 amide bonds. The fourth-order valence-electron chi connectivity index (χ4n) is 3.32. The topological polar surface area (TPSA) is 58.4 Å². The van der Waals surface area contributed by atoms with Crippen molar-refractivity contribution in [3.63, 3.8) is 0 Å². The summed E-state index contributed by atoms with van der Waals surface area (Å²) in [5, 5.41) is 3.42. The Morgan fingerprint density at radius 1 is 1.22 bits per heavy atom. The number of likely N-dealkylation sites (tertiary alicyclic amines) is 1. The molecule has 0 bridgehead atoms. The standard InChI is InChI=1S/C14H27N3O/c1-11(10-15)14(18)17-8-4-13(5-9-17)12-2-6-16-7-3-12/h11-13,16H,2-10,15H2,1H3. The third kappa shape index (κ3) is 3.23. The molecule has 0 aromatic rings. The van der Waals surface area contributed by atoms with Crippen LogP contribution in [0, 0.1) is 17.8 Å². The highest BCUT2D eigenvalue weighted by Gasteiger charge is 2.30. The molecule has 0 aliphatic carbocycles. The van der Waals surface area contributed by atoms with Gasteiger partial charge in [0.15, 0.2) is 0 Å². The van der Waals surface area contributed by atoms with E-state index < -0.39 is 0 Å². The zero-order chi connectivity index (χ0) is 13.0. The van der Waals surface area contributed by atoms with E-state index in [9.17, 15) is 4.79 Å². The number of rotatable bonds is 3. The average Bonchev–Trinajstić information content (AvgIpc) is 2.47. The van der Waals surface area contributed by atoms with Gasteiger partial charge in [-0.25, -0.2) is 0 Å². The molecule has 0 aromatic carbocycles. The van der Waals surface area contributed by atoms with Gasteiger partial charge in [0.1, 0.15) is 0 Å². The van der Waals surface area contributed by atoms with E-state index in [-0.39, 0.29) is 11.8 Å². The lowest BCUT2D eigenvalue weighted by atomic mass is 9.79. The molecule has 2 aliphatic rings. The molecule has 0 saturated carbocycles. The van der Waals surface area contributed by atoms with E-state index in [1.165, 1.54) is 38.8 Å². The number of hydrogen-bond donors (Lipinski definition) is 2. The van der Waals surface area contributed by atoms with Gasteiger partial charge >= 0.3 is 0 Å². The van der Waals surface area contributed by atoms with Crippen molar-refractivity contribution in [1.29, 1.82) is 0 Å². The largest absolute Gasteiger partial charge is 0.342 e. The molecular weight excluding hydrogens is 226 g/mol. The van der Waals surface area contributed by atoms with Crippen molar-refractivity contribution < 1.29 is 4.79 Å². The van der Waals surface area contributed by atoms with Crippen molar-refractivity contribution in [3.8, 4) is 0 Å². The Balaban J connectivity index is 1.78. The Labute approximate surface area is 110 Å². The maximum absolute atomic E-state index is 12.0. The van der Waals surface area contributed by atoms with E-state index in [0.717, 1.165) is 24.9 Å². The number of carbonyl (C=O) groups excluding carboxylic acids is 1. The molecule has 2 aliphatic heterocycles. The van der Waals surface area contributed by atoms with Gasteiger partial charge in [-0.1, -0.05) is 6.92 Å². The summed E-state index contributed by atoms with van der Waals surface area (Å²) in [6.45, 7) is 6.63. The summed E-state index contributed by atoms with van der Waals surface area (Å²) in [5.41, 5.74) is 5.57. The molecule has 4 heteroatoms. The quantitative estimate of drug-likeness (QED) is 0.783. The minimum Gasteiger partial charge on any atom is -0.342 e. The summed E-state index contributed by atoms with van der Waals surface area (Å²) in [5.74, 6) is 1.96. The normalized spacial score (nSPS) is 25.1. The van der Waals surface area contributed by atoms with Crippen LogP contribution in [0.5, 0.6) is 0 Å². The van der Waals surface area contributed by atoms with E-state index >= 15 is 0 Å². The molecule has 2 rings (SSSR count). The maximum atomic E-state index is 12.0. The second kappa shape index (κ2) is 6.53. The van der Waals surface area contributed by atoms with Crippen LogP contribution in [-0.4, -0.2) is 43.5 Å². The van der Waals surface area contributed by atoms with Crippen LogP contribution in [0.3, 0.4) is 0 Å². The number of nitrogens with zero attached hydrogens (tertiary/aromatic N) is 1. The fraction of sp³-hybridized carbons (Fsp3) is 0.929. The molecule has 2 saturated heterocycles. The lowest BCUT2D eigenvalue weighted by Gasteiger charge is -2.38. The second-order valence-corrected chi connectivity index (χ2v) is 5.89. The van der Waals surface area contributed by atoms with Crippen LogP contribution >= 0.6 is 0 Å². The molecule has 2 fully saturated rings. The highest BCUT2D eigenvalue weighted by Crippen LogP contribution is 2.31. The van der Waals surface area contributed by atoms with Gasteiger partial charge in [-0.3, -0.25) is 4.79 Å². The van der Waals surface area contributed by atoms with Gasteiger partial charge in [-0.15, -0.1) is 0 Å². The lowest BCUT2D eigenvalue weighted by Crippen LogP contribution is -2.44. The maximum Gasteiger partial charge on any atom is 0.226 e. The summed E-state index contributed by atoms with van der Waals surface area (Å²) in [7, 11) is 0. The minimum atomic E-state index is -0.0135. The molecule has 18 heavy (non-hydrogen) atoms. The van der Waals surface area contributed by atoms with E-state index in [1.54, 1.807) is 0 Å². The highest BCUT2D eigenvalue weighted by atomic mass is 16.2. The summed E-state index contributed by atoms with van der Waals surface area (Å²) in [6, 6.07) is 0. The Morgan fingerprint density at radius 3 is 2.33 bits per heavy atom.